The number of nitrogens with zero attached hydrogens (tertiary/aromatic N) is 2. The van der Waals surface area contributed by atoms with Crippen LogP contribution in [-0.4, -0.2) is 27.7 Å². The van der Waals surface area contributed by atoms with Gasteiger partial charge in [-0.2, -0.15) is 0 Å². The number of likely N-dealkylation sites (tertiary alicyclic amines) is 1. The number of hydrogen-bond donors (Lipinski definition) is 0. The average Bonchev–Trinajstić information content (AvgIpc) is 2.68. The van der Waals surface area contributed by atoms with E-state index in [-0.39, 0.29) is 11.3 Å². The zero-order valence-electron chi connectivity index (χ0n) is 9.84. The quantitative estimate of drug-likeness (QED) is 0.778. The number of aromatic nitrogens is 1. The molecule has 92 valence electrons. The Morgan fingerprint density at radius 1 is 1.33 bits per heavy atom. The van der Waals surface area contributed by atoms with Crippen LogP contribution in [0.4, 0.5) is 0 Å². The number of hydrogen-bond acceptors (Lipinski definition) is 2. The normalized spacial score (nSPS) is 19.7. The predicted octanol–water partition coefficient (Wildman–Crippen LogP) is 2.57. The highest BCUT2D eigenvalue weighted by Crippen LogP contribution is 2.22. The van der Waals surface area contributed by atoms with E-state index in [2.05, 4.69) is 11.1 Å². The van der Waals surface area contributed by atoms with Crippen LogP contribution in [0.1, 0.15) is 12.1 Å². The fourth-order valence-electron chi connectivity index (χ4n) is 2.37. The van der Waals surface area contributed by atoms with Crippen LogP contribution < -0.4 is 0 Å². The Morgan fingerprint density at radius 2 is 2.17 bits per heavy atom. The van der Waals surface area contributed by atoms with Gasteiger partial charge in [0.1, 0.15) is 0 Å². The number of pyridine rings is 1. The summed E-state index contributed by atoms with van der Waals surface area (Å²) < 4.78 is 0. The summed E-state index contributed by atoms with van der Waals surface area (Å²) in [5.74, 6) is 0.115. The van der Waals surface area contributed by atoms with Gasteiger partial charge in [0.25, 0.3) is 0 Å². The van der Waals surface area contributed by atoms with Crippen molar-refractivity contribution in [2.75, 3.05) is 6.54 Å². The second-order valence-electron chi connectivity index (χ2n) is 4.55. The van der Waals surface area contributed by atoms with Gasteiger partial charge >= 0.3 is 0 Å². The molecule has 18 heavy (non-hydrogen) atoms. The third kappa shape index (κ3) is 2.06. The number of alkyl halides is 1. The third-order valence-corrected chi connectivity index (χ3v) is 3.56. The zero-order valence-corrected chi connectivity index (χ0v) is 10.6. The van der Waals surface area contributed by atoms with E-state index in [1.165, 1.54) is 0 Å². The van der Waals surface area contributed by atoms with Gasteiger partial charge in [-0.15, -0.1) is 11.6 Å². The summed E-state index contributed by atoms with van der Waals surface area (Å²) in [6, 6.07) is 10.1. The average molecular weight is 261 g/mol. The van der Waals surface area contributed by atoms with Crippen LogP contribution in [0.25, 0.3) is 10.8 Å². The summed E-state index contributed by atoms with van der Waals surface area (Å²) in [6.07, 6.45) is 2.22. The van der Waals surface area contributed by atoms with Gasteiger partial charge in [-0.05, 0) is 11.5 Å². The molecule has 1 aliphatic heterocycles. The van der Waals surface area contributed by atoms with Crippen molar-refractivity contribution in [2.45, 2.75) is 18.3 Å². The molecule has 1 aromatic heterocycles. The van der Waals surface area contributed by atoms with Crippen molar-refractivity contribution >= 4 is 28.3 Å². The van der Waals surface area contributed by atoms with Crippen LogP contribution in [-0.2, 0) is 11.3 Å². The first-order chi connectivity index (χ1) is 8.74. The fraction of sp³-hybridized carbons (Fsp3) is 0.286. The van der Waals surface area contributed by atoms with Gasteiger partial charge in [0.05, 0.1) is 17.6 Å². The molecule has 2 aromatic rings. The van der Waals surface area contributed by atoms with E-state index in [0.717, 1.165) is 16.5 Å². The molecule has 1 unspecified atom stereocenters. The van der Waals surface area contributed by atoms with Crippen LogP contribution in [0, 0.1) is 0 Å². The standard InChI is InChI=1S/C14H13ClN2O/c15-11-7-14(18)17(8-11)9-13-12-4-2-1-3-10(12)5-6-16-13/h1-6,11H,7-9H2. The van der Waals surface area contributed by atoms with Crippen molar-refractivity contribution in [3.05, 3.63) is 42.2 Å². The molecule has 1 atom stereocenters. The summed E-state index contributed by atoms with van der Waals surface area (Å²) in [6.45, 7) is 1.16. The molecule has 0 saturated carbocycles. The monoisotopic (exact) mass is 260 g/mol. The Balaban J connectivity index is 1.93. The zero-order chi connectivity index (χ0) is 12.5. The summed E-state index contributed by atoms with van der Waals surface area (Å²) in [4.78, 5) is 17.9. The minimum absolute atomic E-state index is 0.0625. The maximum Gasteiger partial charge on any atom is 0.224 e. The Hall–Kier alpha value is -1.61. The maximum absolute atomic E-state index is 11.7. The van der Waals surface area contributed by atoms with Crippen molar-refractivity contribution in [1.29, 1.82) is 0 Å². The largest absolute Gasteiger partial charge is 0.335 e. The summed E-state index contributed by atoms with van der Waals surface area (Å²) >= 11 is 6.00. The molecular formula is C14H13ClN2O. The summed E-state index contributed by atoms with van der Waals surface area (Å²) in [5.41, 5.74) is 0.937. The molecule has 3 nitrogen and oxygen atoms in total. The van der Waals surface area contributed by atoms with Gasteiger partial charge in [-0.3, -0.25) is 9.78 Å². The minimum Gasteiger partial charge on any atom is -0.335 e. The first-order valence-electron chi connectivity index (χ1n) is 5.98. The molecule has 1 amide bonds. The Kier molecular flexibility index (Phi) is 2.92. The molecule has 3 rings (SSSR count). The van der Waals surface area contributed by atoms with Crippen LogP contribution in [0.3, 0.4) is 0 Å². The summed E-state index contributed by atoms with van der Waals surface area (Å²) in [5, 5.41) is 2.19. The van der Waals surface area contributed by atoms with Crippen LogP contribution in [0.15, 0.2) is 36.5 Å². The molecule has 0 bridgehead atoms. The van der Waals surface area contributed by atoms with Crippen LogP contribution >= 0.6 is 11.6 Å². The minimum atomic E-state index is -0.0625. The Morgan fingerprint density at radius 3 is 2.94 bits per heavy atom. The number of fused-ring (bicyclic) bond motifs is 1. The summed E-state index contributed by atoms with van der Waals surface area (Å²) in [7, 11) is 0. The first-order valence-corrected chi connectivity index (χ1v) is 6.42. The molecule has 4 heteroatoms. The Bertz CT molecular complexity index is 594. The molecule has 1 fully saturated rings. The van der Waals surface area contributed by atoms with E-state index in [0.29, 0.717) is 19.5 Å². The van der Waals surface area contributed by atoms with Gasteiger partial charge in [-0.1, -0.05) is 24.3 Å². The predicted molar refractivity (Wildman–Crippen MR) is 71.4 cm³/mol. The molecule has 0 N–H and O–H groups in total. The molecule has 1 aromatic carbocycles. The second kappa shape index (κ2) is 4.58. The second-order valence-corrected chi connectivity index (χ2v) is 5.17. The highest BCUT2D eigenvalue weighted by Gasteiger charge is 2.28. The van der Waals surface area contributed by atoms with E-state index in [1.54, 1.807) is 11.1 Å². The number of benzene rings is 1. The van der Waals surface area contributed by atoms with Gasteiger partial charge in [0, 0.05) is 24.5 Å². The van der Waals surface area contributed by atoms with E-state index >= 15 is 0 Å². The van der Waals surface area contributed by atoms with Crippen molar-refractivity contribution in [1.82, 2.24) is 9.88 Å². The lowest BCUT2D eigenvalue weighted by molar-refractivity contribution is -0.128. The Labute approximate surface area is 110 Å². The third-order valence-electron chi connectivity index (χ3n) is 3.26. The number of rotatable bonds is 2. The maximum atomic E-state index is 11.7. The molecule has 0 aliphatic carbocycles. The number of amides is 1. The lowest BCUT2D eigenvalue weighted by Gasteiger charge is -2.16. The highest BCUT2D eigenvalue weighted by molar-refractivity contribution is 6.22. The molecule has 2 heterocycles. The topological polar surface area (TPSA) is 33.2 Å². The first kappa shape index (κ1) is 11.5. The van der Waals surface area contributed by atoms with Crippen molar-refractivity contribution < 1.29 is 4.79 Å². The van der Waals surface area contributed by atoms with Crippen molar-refractivity contribution in [3.8, 4) is 0 Å². The van der Waals surface area contributed by atoms with Gasteiger partial charge in [0.15, 0.2) is 0 Å². The number of carbonyl (C=O) groups is 1. The molecule has 0 radical (unpaired) electrons. The molecule has 0 spiro atoms. The highest BCUT2D eigenvalue weighted by atomic mass is 35.5. The van der Waals surface area contributed by atoms with Gasteiger partial charge in [0.2, 0.25) is 5.91 Å². The smallest absolute Gasteiger partial charge is 0.224 e. The van der Waals surface area contributed by atoms with Gasteiger partial charge < -0.3 is 4.90 Å². The molecule has 1 aliphatic rings. The fourth-order valence-corrected chi connectivity index (χ4v) is 2.66. The molecule has 1 saturated heterocycles. The van der Waals surface area contributed by atoms with E-state index in [9.17, 15) is 4.79 Å². The SMILES string of the molecule is O=C1CC(Cl)CN1Cc1nccc2ccccc12. The van der Waals surface area contributed by atoms with Crippen molar-refractivity contribution in [3.63, 3.8) is 0 Å². The van der Waals surface area contributed by atoms with Crippen molar-refractivity contribution in [2.24, 2.45) is 0 Å². The van der Waals surface area contributed by atoms with Crippen LogP contribution in [0.2, 0.25) is 0 Å². The van der Waals surface area contributed by atoms with Gasteiger partial charge in [-0.25, -0.2) is 0 Å². The van der Waals surface area contributed by atoms with Crippen LogP contribution in [0.5, 0.6) is 0 Å². The van der Waals surface area contributed by atoms with E-state index in [1.807, 2.05) is 24.3 Å². The number of carbonyl (C=O) groups excluding carboxylic acids is 1. The lowest BCUT2D eigenvalue weighted by Crippen LogP contribution is -2.25. The lowest BCUT2D eigenvalue weighted by atomic mass is 10.1. The van der Waals surface area contributed by atoms with E-state index < -0.39 is 0 Å². The van der Waals surface area contributed by atoms with E-state index in [4.69, 9.17) is 11.6 Å². The molecular weight excluding hydrogens is 248 g/mol. The number of halogens is 1.